The van der Waals surface area contributed by atoms with E-state index in [1.165, 1.54) is 47.6 Å². The Morgan fingerprint density at radius 3 is 2.42 bits per heavy atom. The highest BCUT2D eigenvalue weighted by molar-refractivity contribution is 6.47. The fourth-order valence-corrected chi connectivity index (χ4v) is 3.94. The molecule has 2 aromatic carbocycles. The number of furan rings is 1. The Labute approximate surface area is 191 Å². The Balaban J connectivity index is 1.90. The molecule has 1 aliphatic rings. The van der Waals surface area contributed by atoms with E-state index in [1.54, 1.807) is 12.1 Å². The van der Waals surface area contributed by atoms with E-state index in [0.717, 1.165) is 0 Å². The van der Waals surface area contributed by atoms with E-state index in [1.807, 2.05) is 0 Å². The number of nitrogens with zero attached hydrogens (tertiary/aromatic N) is 1. The predicted octanol–water partition coefficient (Wildman–Crippen LogP) is 5.57. The highest BCUT2D eigenvalue weighted by Crippen LogP contribution is 2.42. The first kappa shape index (κ1) is 21.3. The van der Waals surface area contributed by atoms with Gasteiger partial charge in [0.1, 0.15) is 17.3 Å². The van der Waals surface area contributed by atoms with E-state index in [9.17, 15) is 19.8 Å². The van der Waals surface area contributed by atoms with Crippen LogP contribution in [0.5, 0.6) is 5.75 Å². The average molecular weight is 479 g/mol. The highest BCUT2D eigenvalue weighted by atomic mass is 35.5. The summed E-state index contributed by atoms with van der Waals surface area (Å²) in [5.74, 6) is -1.80. The molecule has 0 radical (unpaired) electrons. The molecule has 0 spiro atoms. The van der Waals surface area contributed by atoms with Crippen molar-refractivity contribution in [3.63, 3.8) is 0 Å². The third kappa shape index (κ3) is 3.90. The zero-order chi connectivity index (χ0) is 22.3. The second-order valence-corrected chi connectivity index (χ2v) is 8.07. The lowest BCUT2D eigenvalue weighted by atomic mass is 9.95. The van der Waals surface area contributed by atoms with Crippen LogP contribution in [0.3, 0.4) is 0 Å². The van der Waals surface area contributed by atoms with Crippen molar-refractivity contribution in [2.75, 3.05) is 0 Å². The van der Waals surface area contributed by atoms with Gasteiger partial charge in [0, 0.05) is 5.56 Å². The molecule has 1 unspecified atom stereocenters. The van der Waals surface area contributed by atoms with Crippen molar-refractivity contribution in [2.24, 2.45) is 0 Å². The van der Waals surface area contributed by atoms with Crippen LogP contribution in [0.4, 0.5) is 0 Å². The molecule has 2 heterocycles. The van der Waals surface area contributed by atoms with Crippen LogP contribution in [0.2, 0.25) is 15.1 Å². The third-order valence-electron chi connectivity index (χ3n) is 4.93. The summed E-state index contributed by atoms with van der Waals surface area (Å²) in [5.41, 5.74) is 0.507. The van der Waals surface area contributed by atoms with Crippen molar-refractivity contribution >= 4 is 52.3 Å². The minimum Gasteiger partial charge on any atom is -0.507 e. The second-order valence-electron chi connectivity index (χ2n) is 6.85. The van der Waals surface area contributed by atoms with Gasteiger partial charge in [0.15, 0.2) is 0 Å². The first-order valence-corrected chi connectivity index (χ1v) is 10.2. The van der Waals surface area contributed by atoms with Crippen molar-refractivity contribution in [1.29, 1.82) is 0 Å². The standard InChI is InChI=1S/C22H14Cl3NO5/c23-14-5-3-12(9-15(14)24)20(28)18-19(11-4-6-17(27)16(25)8-11)26(22(30)21(18)29)10-13-2-1-7-31-13/h1-9,19,27-28H,10H2/b20-18-. The molecule has 1 atom stereocenters. The minimum atomic E-state index is -0.974. The number of hydrogen-bond acceptors (Lipinski definition) is 5. The van der Waals surface area contributed by atoms with Gasteiger partial charge in [0.2, 0.25) is 0 Å². The predicted molar refractivity (Wildman–Crippen MR) is 116 cm³/mol. The van der Waals surface area contributed by atoms with Crippen molar-refractivity contribution < 1.29 is 24.2 Å². The van der Waals surface area contributed by atoms with E-state index in [4.69, 9.17) is 39.2 Å². The normalized spacial score (nSPS) is 18.0. The van der Waals surface area contributed by atoms with Crippen LogP contribution in [-0.4, -0.2) is 26.8 Å². The van der Waals surface area contributed by atoms with E-state index in [2.05, 4.69) is 0 Å². The van der Waals surface area contributed by atoms with Crippen LogP contribution in [0.1, 0.15) is 22.9 Å². The number of hydrogen-bond donors (Lipinski definition) is 2. The second kappa shape index (κ2) is 8.30. The molecule has 1 fully saturated rings. The van der Waals surface area contributed by atoms with Gasteiger partial charge in [-0.05, 0) is 48.0 Å². The summed E-state index contributed by atoms with van der Waals surface area (Å²) < 4.78 is 5.33. The number of halogens is 3. The number of Topliss-reactive ketones (excluding diaryl/α,β-unsaturated/α-hetero) is 1. The Morgan fingerprint density at radius 2 is 1.77 bits per heavy atom. The summed E-state index contributed by atoms with van der Waals surface area (Å²) >= 11 is 18.1. The topological polar surface area (TPSA) is 91.0 Å². The summed E-state index contributed by atoms with van der Waals surface area (Å²) in [6, 6.07) is 11.0. The first-order valence-electron chi connectivity index (χ1n) is 9.02. The Kier molecular flexibility index (Phi) is 5.71. The van der Waals surface area contributed by atoms with Crippen LogP contribution in [0.25, 0.3) is 5.76 Å². The summed E-state index contributed by atoms with van der Waals surface area (Å²) in [7, 11) is 0. The summed E-state index contributed by atoms with van der Waals surface area (Å²) in [5, 5.41) is 21.3. The first-order chi connectivity index (χ1) is 14.8. The number of phenolic OH excluding ortho intramolecular Hbond substituents is 1. The minimum absolute atomic E-state index is 0.0150. The molecule has 2 N–H and O–H groups in total. The largest absolute Gasteiger partial charge is 0.507 e. The van der Waals surface area contributed by atoms with Crippen LogP contribution in [0, 0.1) is 0 Å². The van der Waals surface area contributed by atoms with Crippen LogP contribution in [-0.2, 0) is 16.1 Å². The molecular formula is C22H14Cl3NO5. The zero-order valence-corrected chi connectivity index (χ0v) is 17.9. The van der Waals surface area contributed by atoms with Crippen LogP contribution >= 0.6 is 34.8 Å². The van der Waals surface area contributed by atoms with Crippen LogP contribution < -0.4 is 0 Å². The smallest absolute Gasteiger partial charge is 0.296 e. The average Bonchev–Trinajstić information content (AvgIpc) is 3.34. The monoisotopic (exact) mass is 477 g/mol. The number of aliphatic hydroxyl groups excluding tert-OH is 1. The molecule has 158 valence electrons. The van der Waals surface area contributed by atoms with Gasteiger partial charge in [-0.3, -0.25) is 9.59 Å². The molecule has 3 aromatic rings. The molecule has 6 nitrogen and oxygen atoms in total. The van der Waals surface area contributed by atoms with Gasteiger partial charge >= 0.3 is 0 Å². The zero-order valence-electron chi connectivity index (χ0n) is 15.7. The van der Waals surface area contributed by atoms with Crippen molar-refractivity contribution in [3.05, 3.63) is 92.3 Å². The van der Waals surface area contributed by atoms with Crippen molar-refractivity contribution in [1.82, 2.24) is 4.90 Å². The molecule has 1 aliphatic heterocycles. The SMILES string of the molecule is O=C1C(=O)N(Cc2ccco2)C(c2ccc(O)c(Cl)c2)/C1=C(/O)c1ccc(Cl)c(Cl)c1. The number of benzene rings is 2. The van der Waals surface area contributed by atoms with Crippen LogP contribution in [0.15, 0.2) is 64.8 Å². The number of carbonyl (C=O) groups excluding carboxylic acids is 2. The number of likely N-dealkylation sites (tertiary alicyclic amines) is 1. The highest BCUT2D eigenvalue weighted by Gasteiger charge is 2.46. The number of aliphatic hydroxyl groups is 1. The molecular weight excluding hydrogens is 465 g/mol. The fourth-order valence-electron chi connectivity index (χ4n) is 3.45. The molecule has 31 heavy (non-hydrogen) atoms. The van der Waals surface area contributed by atoms with E-state index in [-0.39, 0.29) is 38.5 Å². The van der Waals surface area contributed by atoms with Gasteiger partial charge in [0.25, 0.3) is 11.7 Å². The van der Waals surface area contributed by atoms with Gasteiger partial charge in [-0.15, -0.1) is 0 Å². The van der Waals surface area contributed by atoms with Gasteiger partial charge in [-0.1, -0.05) is 40.9 Å². The number of carbonyl (C=O) groups is 2. The molecule has 0 bridgehead atoms. The maximum atomic E-state index is 13.0. The maximum Gasteiger partial charge on any atom is 0.296 e. The Bertz CT molecular complexity index is 1220. The number of aromatic hydroxyl groups is 1. The molecule has 0 saturated carbocycles. The summed E-state index contributed by atoms with van der Waals surface area (Å²) in [6.07, 6.45) is 1.45. The lowest BCUT2D eigenvalue weighted by Gasteiger charge is -2.24. The van der Waals surface area contributed by atoms with Gasteiger partial charge in [0.05, 0.1) is 39.5 Å². The molecule has 1 saturated heterocycles. The van der Waals surface area contributed by atoms with E-state index >= 15 is 0 Å². The number of amides is 1. The molecule has 4 rings (SSSR count). The van der Waals surface area contributed by atoms with E-state index < -0.39 is 23.5 Å². The van der Waals surface area contributed by atoms with Crippen molar-refractivity contribution in [2.45, 2.75) is 12.6 Å². The Morgan fingerprint density at radius 1 is 1.00 bits per heavy atom. The van der Waals surface area contributed by atoms with Gasteiger partial charge in [-0.25, -0.2) is 0 Å². The molecule has 0 aliphatic carbocycles. The molecule has 1 amide bonds. The number of ketones is 1. The Hall–Kier alpha value is -2.93. The van der Waals surface area contributed by atoms with Gasteiger partial charge < -0.3 is 19.5 Å². The maximum absolute atomic E-state index is 13.0. The number of phenols is 1. The summed E-state index contributed by atoms with van der Waals surface area (Å²) in [6.45, 7) is -0.0150. The van der Waals surface area contributed by atoms with E-state index in [0.29, 0.717) is 11.3 Å². The quantitative estimate of drug-likeness (QED) is 0.291. The lowest BCUT2D eigenvalue weighted by Crippen LogP contribution is -2.29. The summed E-state index contributed by atoms with van der Waals surface area (Å²) in [4.78, 5) is 27.1. The fraction of sp³-hybridized carbons (Fsp3) is 0.0909. The van der Waals surface area contributed by atoms with Crippen molar-refractivity contribution in [3.8, 4) is 5.75 Å². The van der Waals surface area contributed by atoms with Gasteiger partial charge in [-0.2, -0.15) is 0 Å². The third-order valence-corrected chi connectivity index (χ3v) is 5.97. The number of rotatable bonds is 4. The lowest BCUT2D eigenvalue weighted by molar-refractivity contribution is -0.140. The molecule has 9 heteroatoms. The molecule has 1 aromatic heterocycles.